The van der Waals surface area contributed by atoms with Crippen molar-refractivity contribution in [3.05, 3.63) is 22.8 Å². The summed E-state index contributed by atoms with van der Waals surface area (Å²) in [6.45, 7) is 2.13. The molecule has 148 valence electrons. The number of carbonyl (C=O) groups excluding carboxylic acids is 1. The Balaban J connectivity index is 1.57. The van der Waals surface area contributed by atoms with Gasteiger partial charge in [-0.15, -0.1) is 11.8 Å². The molecule has 0 aromatic carbocycles. The summed E-state index contributed by atoms with van der Waals surface area (Å²) in [7, 11) is 3.85. The van der Waals surface area contributed by atoms with E-state index in [1.807, 2.05) is 25.1 Å². The normalized spacial score (nSPS) is 34.1. The molecular weight excluding hydrogens is 380 g/mol. The highest BCUT2D eigenvalue weighted by Crippen LogP contribution is 2.58. The molecule has 1 aromatic rings. The molecule has 0 radical (unpaired) electrons. The minimum atomic E-state index is 0.0703. The number of amides is 1. The quantitative estimate of drug-likeness (QED) is 0.495. The summed E-state index contributed by atoms with van der Waals surface area (Å²) in [6, 6.07) is 3.89. The number of hydrogen-bond acceptors (Lipinski definition) is 4. The smallest absolute Gasteiger partial charge is 0.256 e. The summed E-state index contributed by atoms with van der Waals surface area (Å²) >= 11 is 7.72. The van der Waals surface area contributed by atoms with Crippen molar-refractivity contribution >= 4 is 29.3 Å². The van der Waals surface area contributed by atoms with Crippen LogP contribution in [0.1, 0.15) is 55.8 Å². The Labute approximate surface area is 171 Å². The van der Waals surface area contributed by atoms with Gasteiger partial charge in [0.2, 0.25) is 0 Å². The van der Waals surface area contributed by atoms with Gasteiger partial charge >= 0.3 is 0 Å². The lowest BCUT2D eigenvalue weighted by Gasteiger charge is -2.60. The Morgan fingerprint density at radius 1 is 1.33 bits per heavy atom. The van der Waals surface area contributed by atoms with Crippen LogP contribution < -0.4 is 0 Å². The van der Waals surface area contributed by atoms with Crippen molar-refractivity contribution in [2.75, 3.05) is 19.9 Å². The van der Waals surface area contributed by atoms with Gasteiger partial charge in [0.1, 0.15) is 10.2 Å². The standard InChI is InChI=1S/C21H29ClN2O2S/c1-4-7-27-19-16(5-6-17(22)23-19)20(25)24(2)18-14-8-13-9-15(18)12-21(10-13,11-14)26-3/h5-6,13-15,18H,4,7-12H2,1-3H3/t13?,14-,15-,18?,21?/m1/s1. The second kappa shape index (κ2) is 7.57. The molecule has 2 atom stereocenters. The zero-order chi connectivity index (χ0) is 19.2. The van der Waals surface area contributed by atoms with E-state index in [9.17, 15) is 4.79 Å². The molecule has 4 aliphatic rings. The van der Waals surface area contributed by atoms with E-state index in [1.165, 1.54) is 19.3 Å². The molecular formula is C21H29ClN2O2S. The third-order valence-corrected chi connectivity index (χ3v) is 8.27. The van der Waals surface area contributed by atoms with Crippen LogP contribution in [0.4, 0.5) is 0 Å². The van der Waals surface area contributed by atoms with Gasteiger partial charge in [0, 0.05) is 20.2 Å². The average Bonchev–Trinajstić information content (AvgIpc) is 2.65. The van der Waals surface area contributed by atoms with Crippen LogP contribution in [-0.2, 0) is 4.74 Å². The lowest BCUT2D eigenvalue weighted by atomic mass is 9.52. The van der Waals surface area contributed by atoms with Crippen LogP contribution in [0.5, 0.6) is 0 Å². The zero-order valence-electron chi connectivity index (χ0n) is 16.4. The first-order valence-corrected chi connectivity index (χ1v) is 11.4. The van der Waals surface area contributed by atoms with E-state index in [1.54, 1.807) is 17.8 Å². The Kier molecular flexibility index (Phi) is 5.47. The van der Waals surface area contributed by atoms with Crippen molar-refractivity contribution in [3.63, 3.8) is 0 Å². The van der Waals surface area contributed by atoms with E-state index in [0.29, 0.717) is 28.6 Å². The maximum atomic E-state index is 13.4. The Hall–Kier alpha value is -0.780. The van der Waals surface area contributed by atoms with Crippen LogP contribution in [-0.4, -0.2) is 47.3 Å². The Morgan fingerprint density at radius 2 is 2.04 bits per heavy atom. The third kappa shape index (κ3) is 3.51. The number of rotatable bonds is 6. The molecule has 4 fully saturated rings. The maximum absolute atomic E-state index is 13.4. The lowest BCUT2D eigenvalue weighted by molar-refractivity contribution is -0.168. The van der Waals surface area contributed by atoms with Crippen LogP contribution >= 0.6 is 23.4 Å². The van der Waals surface area contributed by atoms with E-state index < -0.39 is 0 Å². The molecule has 4 saturated carbocycles. The van der Waals surface area contributed by atoms with E-state index in [-0.39, 0.29) is 11.5 Å². The largest absolute Gasteiger partial charge is 0.378 e. The highest BCUT2D eigenvalue weighted by atomic mass is 35.5. The number of hydrogen-bond donors (Lipinski definition) is 0. The number of pyridine rings is 1. The molecule has 0 unspecified atom stereocenters. The van der Waals surface area contributed by atoms with Crippen LogP contribution in [0.3, 0.4) is 0 Å². The second-order valence-electron chi connectivity index (χ2n) is 8.60. The molecule has 0 spiro atoms. The van der Waals surface area contributed by atoms with Gasteiger partial charge in [-0.2, -0.15) is 0 Å². The van der Waals surface area contributed by atoms with Gasteiger partial charge in [-0.3, -0.25) is 4.79 Å². The molecule has 27 heavy (non-hydrogen) atoms. The summed E-state index contributed by atoms with van der Waals surface area (Å²) in [5, 5.41) is 1.21. The van der Waals surface area contributed by atoms with Crippen molar-refractivity contribution in [2.45, 2.75) is 62.1 Å². The predicted octanol–water partition coefficient (Wildman–Crippen LogP) is 4.90. The first-order chi connectivity index (χ1) is 13.0. The number of halogens is 1. The topological polar surface area (TPSA) is 42.4 Å². The molecule has 0 saturated heterocycles. The predicted molar refractivity (Wildman–Crippen MR) is 109 cm³/mol. The molecule has 4 aliphatic carbocycles. The summed E-state index contributed by atoms with van der Waals surface area (Å²) in [4.78, 5) is 19.9. The minimum absolute atomic E-state index is 0.0703. The second-order valence-corrected chi connectivity index (χ2v) is 10.1. The lowest BCUT2D eigenvalue weighted by Crippen LogP contribution is -2.62. The first kappa shape index (κ1) is 19.5. The average molecular weight is 409 g/mol. The maximum Gasteiger partial charge on any atom is 0.256 e. The van der Waals surface area contributed by atoms with Crippen LogP contribution in [0, 0.1) is 17.8 Å². The summed E-state index contributed by atoms with van der Waals surface area (Å²) < 4.78 is 5.97. The highest BCUT2D eigenvalue weighted by Gasteiger charge is 2.57. The van der Waals surface area contributed by atoms with E-state index >= 15 is 0 Å². The van der Waals surface area contributed by atoms with E-state index in [0.717, 1.165) is 36.0 Å². The number of nitrogens with zero attached hydrogens (tertiary/aromatic N) is 2. The SMILES string of the molecule is CCCSc1nc(Cl)ccc1C(=O)N(C)C1[C@@H]2CC3C[C@@H]1CC(OC)(C3)C2. The van der Waals surface area contributed by atoms with Gasteiger partial charge in [-0.1, -0.05) is 18.5 Å². The van der Waals surface area contributed by atoms with Gasteiger partial charge in [0.25, 0.3) is 5.91 Å². The highest BCUT2D eigenvalue weighted by molar-refractivity contribution is 7.99. The van der Waals surface area contributed by atoms with Crippen LogP contribution in [0.2, 0.25) is 5.15 Å². The van der Waals surface area contributed by atoms with Gasteiger partial charge in [0.05, 0.1) is 11.2 Å². The molecule has 0 aliphatic heterocycles. The molecule has 1 amide bonds. The molecule has 4 bridgehead atoms. The summed E-state index contributed by atoms with van der Waals surface area (Å²) in [5.74, 6) is 2.90. The van der Waals surface area contributed by atoms with Crippen molar-refractivity contribution in [3.8, 4) is 0 Å². The first-order valence-electron chi connectivity index (χ1n) is 10.1. The minimum Gasteiger partial charge on any atom is -0.378 e. The van der Waals surface area contributed by atoms with Crippen molar-refractivity contribution in [2.24, 2.45) is 17.8 Å². The number of methoxy groups -OCH3 is 1. The van der Waals surface area contributed by atoms with Crippen molar-refractivity contribution in [1.82, 2.24) is 9.88 Å². The fourth-order valence-electron chi connectivity index (χ4n) is 6.02. The number of thioether (sulfide) groups is 1. The monoisotopic (exact) mass is 408 g/mol. The number of aromatic nitrogens is 1. The Morgan fingerprint density at radius 3 is 2.67 bits per heavy atom. The fraction of sp³-hybridized carbons (Fsp3) is 0.714. The zero-order valence-corrected chi connectivity index (χ0v) is 18.0. The van der Waals surface area contributed by atoms with Gasteiger partial charge in [-0.05, 0) is 74.2 Å². The van der Waals surface area contributed by atoms with Gasteiger partial charge in [0.15, 0.2) is 0 Å². The summed E-state index contributed by atoms with van der Waals surface area (Å²) in [6.07, 6.45) is 6.90. The number of carbonyl (C=O) groups is 1. The molecule has 5 rings (SSSR count). The van der Waals surface area contributed by atoms with Crippen LogP contribution in [0.25, 0.3) is 0 Å². The van der Waals surface area contributed by atoms with Gasteiger partial charge < -0.3 is 9.64 Å². The molecule has 0 N–H and O–H groups in total. The van der Waals surface area contributed by atoms with Crippen molar-refractivity contribution in [1.29, 1.82) is 0 Å². The van der Waals surface area contributed by atoms with Crippen molar-refractivity contribution < 1.29 is 9.53 Å². The third-order valence-electron chi connectivity index (χ3n) is 6.87. The van der Waals surface area contributed by atoms with Crippen LogP contribution in [0.15, 0.2) is 17.2 Å². The van der Waals surface area contributed by atoms with E-state index in [2.05, 4.69) is 11.9 Å². The molecule has 1 aromatic heterocycles. The molecule has 6 heteroatoms. The number of ether oxygens (including phenoxy) is 1. The summed E-state index contributed by atoms with van der Waals surface area (Å²) in [5.41, 5.74) is 0.761. The molecule has 4 nitrogen and oxygen atoms in total. The van der Waals surface area contributed by atoms with E-state index in [4.69, 9.17) is 16.3 Å². The molecule has 1 heterocycles. The fourth-order valence-corrected chi connectivity index (χ4v) is 7.09. The van der Waals surface area contributed by atoms with Gasteiger partial charge in [-0.25, -0.2) is 4.98 Å². The Bertz CT molecular complexity index is 712.